The van der Waals surface area contributed by atoms with Crippen LogP contribution >= 0.6 is 11.3 Å². The molecule has 5 nitrogen and oxygen atoms in total. The quantitative estimate of drug-likeness (QED) is 0.565. The van der Waals surface area contributed by atoms with Gasteiger partial charge in [0.25, 0.3) is 5.91 Å². The van der Waals surface area contributed by atoms with Crippen molar-refractivity contribution in [2.24, 2.45) is 0 Å². The van der Waals surface area contributed by atoms with Gasteiger partial charge in [0.1, 0.15) is 0 Å². The zero-order chi connectivity index (χ0) is 23.5. The maximum absolute atomic E-state index is 13.4. The second kappa shape index (κ2) is 10.1. The van der Waals surface area contributed by atoms with Crippen molar-refractivity contribution >= 4 is 23.2 Å². The number of benzene rings is 2. The molecule has 3 aromatic rings. The lowest BCUT2D eigenvalue weighted by atomic mass is 9.93. The molecule has 1 fully saturated rings. The fourth-order valence-corrected chi connectivity index (χ4v) is 5.99. The molecule has 1 aromatic heterocycles. The molecule has 2 aliphatic rings. The molecular formula is C28H31N3O2S. The number of aryl methyl sites for hydroxylation is 1. The van der Waals surface area contributed by atoms with E-state index in [0.29, 0.717) is 32.7 Å². The van der Waals surface area contributed by atoms with E-state index < -0.39 is 0 Å². The number of rotatable bonds is 4. The van der Waals surface area contributed by atoms with Gasteiger partial charge in [-0.15, -0.1) is 11.3 Å². The standard InChI is InChI=1S/C28H31N3O2S/c1-21-8-10-23(11-9-21)28(33)30-15-5-14-29(17-18-30)26(32)20-31-16-12-25-24(13-19-34-25)27(31)22-6-3-2-4-7-22/h2-4,6-11,13,19,27H,5,12,14-18,20H2,1H3/t27-/m0/s1. The van der Waals surface area contributed by atoms with Crippen molar-refractivity contribution in [1.29, 1.82) is 0 Å². The van der Waals surface area contributed by atoms with Crippen molar-refractivity contribution in [2.75, 3.05) is 39.3 Å². The predicted octanol–water partition coefficient (Wildman–Crippen LogP) is 4.38. The van der Waals surface area contributed by atoms with Crippen LogP contribution in [0.15, 0.2) is 66.0 Å². The van der Waals surface area contributed by atoms with Crippen LogP contribution in [0.25, 0.3) is 0 Å². The zero-order valence-electron chi connectivity index (χ0n) is 19.7. The van der Waals surface area contributed by atoms with Crippen LogP contribution in [0, 0.1) is 6.92 Å². The normalized spacial score (nSPS) is 18.9. The number of thiophene rings is 1. The number of hydrogen-bond donors (Lipinski definition) is 0. The number of amides is 2. The lowest BCUT2D eigenvalue weighted by Gasteiger charge is -2.37. The monoisotopic (exact) mass is 473 g/mol. The maximum atomic E-state index is 13.4. The second-order valence-electron chi connectivity index (χ2n) is 9.23. The van der Waals surface area contributed by atoms with E-state index >= 15 is 0 Å². The van der Waals surface area contributed by atoms with Crippen LogP contribution in [0.2, 0.25) is 0 Å². The minimum Gasteiger partial charge on any atom is -0.340 e. The smallest absolute Gasteiger partial charge is 0.253 e. The SMILES string of the molecule is Cc1ccc(C(=O)N2CCCN(C(=O)CN3CCc4sccc4[C@@H]3c3ccccc3)CC2)cc1. The van der Waals surface area contributed by atoms with Crippen LogP contribution in [0.5, 0.6) is 0 Å². The lowest BCUT2D eigenvalue weighted by Crippen LogP contribution is -2.45. The van der Waals surface area contributed by atoms with Gasteiger partial charge in [-0.3, -0.25) is 14.5 Å². The van der Waals surface area contributed by atoms with E-state index in [1.165, 1.54) is 16.0 Å². The highest BCUT2D eigenvalue weighted by atomic mass is 32.1. The van der Waals surface area contributed by atoms with E-state index in [4.69, 9.17) is 0 Å². The van der Waals surface area contributed by atoms with Crippen LogP contribution < -0.4 is 0 Å². The van der Waals surface area contributed by atoms with Gasteiger partial charge in [-0.2, -0.15) is 0 Å². The fraction of sp³-hybridized carbons (Fsp3) is 0.357. The second-order valence-corrected chi connectivity index (χ2v) is 10.2. The first kappa shape index (κ1) is 22.8. The molecule has 5 rings (SSSR count). The zero-order valence-corrected chi connectivity index (χ0v) is 20.5. The Bertz CT molecular complexity index is 1140. The Balaban J connectivity index is 1.26. The van der Waals surface area contributed by atoms with Crippen LogP contribution in [-0.2, 0) is 11.2 Å². The van der Waals surface area contributed by atoms with Crippen LogP contribution in [0.1, 0.15) is 44.4 Å². The Morgan fingerprint density at radius 2 is 1.62 bits per heavy atom. The summed E-state index contributed by atoms with van der Waals surface area (Å²) in [4.78, 5) is 34.0. The van der Waals surface area contributed by atoms with Crippen LogP contribution in [0.4, 0.5) is 0 Å². The van der Waals surface area contributed by atoms with Gasteiger partial charge in [0, 0.05) is 43.2 Å². The highest BCUT2D eigenvalue weighted by Gasteiger charge is 2.32. The van der Waals surface area contributed by atoms with Crippen molar-refractivity contribution in [1.82, 2.24) is 14.7 Å². The summed E-state index contributed by atoms with van der Waals surface area (Å²) in [6.07, 6.45) is 1.79. The first-order valence-electron chi connectivity index (χ1n) is 12.1. The Morgan fingerprint density at radius 3 is 2.41 bits per heavy atom. The number of carbonyl (C=O) groups excluding carboxylic acids is 2. The van der Waals surface area contributed by atoms with Crippen molar-refractivity contribution in [3.63, 3.8) is 0 Å². The summed E-state index contributed by atoms with van der Waals surface area (Å²) < 4.78 is 0. The van der Waals surface area contributed by atoms with Gasteiger partial charge in [0.2, 0.25) is 5.91 Å². The number of carbonyl (C=O) groups is 2. The average Bonchev–Trinajstić information content (AvgIpc) is 3.20. The third-order valence-electron chi connectivity index (χ3n) is 6.95. The van der Waals surface area contributed by atoms with E-state index in [1.54, 1.807) is 0 Å². The first-order chi connectivity index (χ1) is 16.6. The topological polar surface area (TPSA) is 43.9 Å². The molecule has 6 heteroatoms. The molecule has 2 aliphatic heterocycles. The number of hydrogen-bond acceptors (Lipinski definition) is 4. The summed E-state index contributed by atoms with van der Waals surface area (Å²) in [7, 11) is 0. The van der Waals surface area contributed by atoms with E-state index in [2.05, 4.69) is 40.6 Å². The summed E-state index contributed by atoms with van der Waals surface area (Å²) in [5.74, 6) is 0.212. The molecule has 1 saturated heterocycles. The summed E-state index contributed by atoms with van der Waals surface area (Å²) in [6.45, 7) is 5.85. The highest BCUT2D eigenvalue weighted by molar-refractivity contribution is 7.10. The molecule has 0 bridgehead atoms. The molecule has 2 aromatic carbocycles. The van der Waals surface area contributed by atoms with Gasteiger partial charge in [-0.1, -0.05) is 48.0 Å². The molecule has 0 spiro atoms. The maximum Gasteiger partial charge on any atom is 0.253 e. The van der Waals surface area contributed by atoms with Crippen LogP contribution in [-0.4, -0.2) is 65.8 Å². The summed E-state index contributed by atoms with van der Waals surface area (Å²) in [5, 5.41) is 2.17. The van der Waals surface area contributed by atoms with Crippen molar-refractivity contribution in [3.05, 3.63) is 93.2 Å². The molecule has 0 unspecified atom stereocenters. The molecule has 1 atom stereocenters. The van der Waals surface area contributed by atoms with Gasteiger partial charge in [-0.05, 0) is 54.5 Å². The van der Waals surface area contributed by atoms with Crippen molar-refractivity contribution in [3.8, 4) is 0 Å². The largest absolute Gasteiger partial charge is 0.340 e. The molecule has 0 aliphatic carbocycles. The molecule has 0 N–H and O–H groups in total. The first-order valence-corrected chi connectivity index (χ1v) is 13.0. The molecular weight excluding hydrogens is 442 g/mol. The van der Waals surface area contributed by atoms with Gasteiger partial charge in [-0.25, -0.2) is 0 Å². The summed E-state index contributed by atoms with van der Waals surface area (Å²) in [6, 6.07) is 20.6. The molecule has 34 heavy (non-hydrogen) atoms. The summed E-state index contributed by atoms with van der Waals surface area (Å²) >= 11 is 1.82. The lowest BCUT2D eigenvalue weighted by molar-refractivity contribution is -0.132. The predicted molar refractivity (Wildman–Crippen MR) is 136 cm³/mol. The Kier molecular flexibility index (Phi) is 6.79. The Labute approximate surface area is 205 Å². The van der Waals surface area contributed by atoms with E-state index in [-0.39, 0.29) is 17.9 Å². The molecule has 3 heterocycles. The van der Waals surface area contributed by atoms with Crippen molar-refractivity contribution in [2.45, 2.75) is 25.8 Å². The molecule has 2 amide bonds. The molecule has 0 radical (unpaired) electrons. The summed E-state index contributed by atoms with van der Waals surface area (Å²) in [5.41, 5.74) is 4.43. The number of fused-ring (bicyclic) bond motifs is 1. The fourth-order valence-electron chi connectivity index (χ4n) is 5.09. The van der Waals surface area contributed by atoms with Gasteiger partial charge < -0.3 is 9.80 Å². The molecule has 0 saturated carbocycles. The third kappa shape index (κ3) is 4.79. The van der Waals surface area contributed by atoms with Gasteiger partial charge in [0.05, 0.1) is 12.6 Å². The average molecular weight is 474 g/mol. The minimum absolute atomic E-state index is 0.0551. The van der Waals surface area contributed by atoms with E-state index in [1.807, 2.05) is 58.4 Å². The van der Waals surface area contributed by atoms with Gasteiger partial charge >= 0.3 is 0 Å². The highest BCUT2D eigenvalue weighted by Crippen LogP contribution is 2.37. The van der Waals surface area contributed by atoms with Crippen molar-refractivity contribution < 1.29 is 9.59 Å². The Hall–Kier alpha value is -2.96. The van der Waals surface area contributed by atoms with E-state index in [0.717, 1.165) is 30.5 Å². The molecule has 176 valence electrons. The number of nitrogens with zero attached hydrogens (tertiary/aromatic N) is 3. The van der Waals surface area contributed by atoms with Crippen LogP contribution in [0.3, 0.4) is 0 Å². The third-order valence-corrected chi connectivity index (χ3v) is 7.95. The van der Waals surface area contributed by atoms with E-state index in [9.17, 15) is 9.59 Å². The van der Waals surface area contributed by atoms with Gasteiger partial charge in [0.15, 0.2) is 0 Å². The minimum atomic E-state index is 0.0551. The Morgan fingerprint density at radius 1 is 0.882 bits per heavy atom.